The molecule has 0 aromatic carbocycles. The molecule has 6 nitrogen and oxygen atoms in total. The van der Waals surface area contributed by atoms with Gasteiger partial charge in [0.2, 0.25) is 0 Å². The summed E-state index contributed by atoms with van der Waals surface area (Å²) in [7, 11) is 0. The maximum atomic E-state index is 13.6. The number of aliphatic imine (C=N–C) groups is 2. The Labute approximate surface area is 206 Å². The Kier molecular flexibility index (Phi) is 5.83. The molecule has 0 radical (unpaired) electrons. The Morgan fingerprint density at radius 2 is 1.77 bits per heavy atom. The van der Waals surface area contributed by atoms with Crippen LogP contribution in [0, 0.1) is 0 Å². The number of esters is 1. The molecule has 35 heavy (non-hydrogen) atoms. The number of aromatic nitrogens is 1. The number of aromatic amines is 1. The first kappa shape index (κ1) is 23.1. The highest BCUT2D eigenvalue weighted by Crippen LogP contribution is 2.35. The van der Waals surface area contributed by atoms with Gasteiger partial charge in [0, 0.05) is 28.4 Å². The Bertz CT molecular complexity index is 1400. The normalized spacial score (nSPS) is 22.6. The van der Waals surface area contributed by atoms with Crippen LogP contribution in [-0.2, 0) is 9.53 Å². The molecular formula is C29H32N4O2. The Morgan fingerprint density at radius 1 is 1.06 bits per heavy atom. The van der Waals surface area contributed by atoms with Gasteiger partial charge in [0.15, 0.2) is 5.54 Å². The SMILES string of the molecule is CCCCC1=C2C=CC(=N2)C=c2ccc([nH]2)=CC2=NC(=CC3(C(=O)OC(C)(C)C)CC=C1N3)C=C2. The number of carbonyl (C=O) groups is 1. The monoisotopic (exact) mass is 468 g/mol. The predicted molar refractivity (Wildman–Crippen MR) is 141 cm³/mol. The van der Waals surface area contributed by atoms with E-state index in [4.69, 9.17) is 14.7 Å². The van der Waals surface area contributed by atoms with Crippen LogP contribution in [0.25, 0.3) is 12.2 Å². The van der Waals surface area contributed by atoms with Crippen molar-refractivity contribution in [3.8, 4) is 0 Å². The molecule has 8 bridgehead atoms. The van der Waals surface area contributed by atoms with E-state index in [0.29, 0.717) is 6.42 Å². The maximum Gasteiger partial charge on any atom is 0.336 e. The second-order valence-corrected chi connectivity index (χ2v) is 10.4. The largest absolute Gasteiger partial charge is 0.458 e. The molecule has 5 rings (SSSR count). The van der Waals surface area contributed by atoms with Crippen molar-refractivity contribution in [1.29, 1.82) is 0 Å². The quantitative estimate of drug-likeness (QED) is 0.658. The summed E-state index contributed by atoms with van der Waals surface area (Å²) in [6, 6.07) is 4.07. The molecule has 0 amide bonds. The molecule has 2 N–H and O–H groups in total. The van der Waals surface area contributed by atoms with E-state index in [1.165, 1.54) is 0 Å². The summed E-state index contributed by atoms with van der Waals surface area (Å²) in [5.41, 5.74) is 3.82. The second-order valence-electron chi connectivity index (χ2n) is 10.4. The number of nitrogens with zero attached hydrogens (tertiary/aromatic N) is 2. The minimum atomic E-state index is -1.03. The number of rotatable bonds is 4. The highest BCUT2D eigenvalue weighted by atomic mass is 16.6. The van der Waals surface area contributed by atoms with Crippen LogP contribution < -0.4 is 16.0 Å². The van der Waals surface area contributed by atoms with Gasteiger partial charge in [0.05, 0.1) is 22.8 Å². The van der Waals surface area contributed by atoms with Crippen LogP contribution in [-0.4, -0.2) is 33.5 Å². The van der Waals surface area contributed by atoms with Crippen molar-refractivity contribution in [1.82, 2.24) is 10.3 Å². The molecule has 6 heteroatoms. The molecule has 0 saturated carbocycles. The molecule has 4 aliphatic heterocycles. The van der Waals surface area contributed by atoms with Crippen molar-refractivity contribution in [3.63, 3.8) is 0 Å². The number of hydrogen-bond acceptors (Lipinski definition) is 5. The van der Waals surface area contributed by atoms with Gasteiger partial charge in [-0.3, -0.25) is 0 Å². The van der Waals surface area contributed by atoms with Crippen LogP contribution in [0.15, 0.2) is 81.2 Å². The standard InChI is InChI=1S/C29H32N4O2/c1-5-6-7-24-25-13-12-22(32-25)17-20-9-8-19(30-20)16-21-10-11-23(31-21)18-29(15-14-26(24)33-29)27(34)35-28(2,3)4/h8-14,16-18,30,33H,5-7,15H2,1-4H3. The molecule has 1 unspecified atom stereocenters. The third-order valence-corrected chi connectivity index (χ3v) is 6.24. The molecule has 5 heterocycles. The lowest BCUT2D eigenvalue weighted by atomic mass is 9.95. The van der Waals surface area contributed by atoms with Gasteiger partial charge in [-0.1, -0.05) is 19.4 Å². The molecule has 1 aromatic rings. The van der Waals surface area contributed by atoms with Gasteiger partial charge in [0.1, 0.15) is 5.60 Å². The lowest BCUT2D eigenvalue weighted by molar-refractivity contribution is -0.160. The molecule has 0 saturated heterocycles. The number of nitrogens with one attached hydrogen (secondary N) is 2. The van der Waals surface area contributed by atoms with E-state index in [-0.39, 0.29) is 5.97 Å². The van der Waals surface area contributed by atoms with Crippen molar-refractivity contribution < 1.29 is 9.53 Å². The number of fused-ring (bicyclic) bond motifs is 6. The van der Waals surface area contributed by atoms with Gasteiger partial charge >= 0.3 is 5.97 Å². The number of unbranched alkanes of at least 4 members (excludes halogenated alkanes) is 1. The Hall–Kier alpha value is -3.67. The average Bonchev–Trinajstić information content (AvgIpc) is 3.57. The van der Waals surface area contributed by atoms with Crippen LogP contribution in [0.2, 0.25) is 0 Å². The first-order valence-electron chi connectivity index (χ1n) is 12.3. The molecule has 1 aromatic heterocycles. The minimum Gasteiger partial charge on any atom is -0.458 e. The highest BCUT2D eigenvalue weighted by molar-refractivity contribution is 6.20. The fourth-order valence-electron chi connectivity index (χ4n) is 4.57. The Morgan fingerprint density at radius 3 is 2.49 bits per heavy atom. The summed E-state index contributed by atoms with van der Waals surface area (Å²) in [6.45, 7) is 7.86. The lowest BCUT2D eigenvalue weighted by Gasteiger charge is -2.31. The van der Waals surface area contributed by atoms with Crippen molar-refractivity contribution >= 4 is 29.5 Å². The van der Waals surface area contributed by atoms with E-state index in [0.717, 1.165) is 64.0 Å². The topological polar surface area (TPSA) is 78.8 Å². The molecule has 0 fully saturated rings. The summed E-state index contributed by atoms with van der Waals surface area (Å²) in [5.74, 6) is -0.306. The molecule has 180 valence electrons. The van der Waals surface area contributed by atoms with Gasteiger partial charge in [-0.05, 0) is 88.3 Å². The summed E-state index contributed by atoms with van der Waals surface area (Å²) in [4.78, 5) is 26.7. The van der Waals surface area contributed by atoms with Crippen molar-refractivity contribution in [3.05, 3.63) is 82.0 Å². The lowest BCUT2D eigenvalue weighted by Crippen LogP contribution is -2.50. The zero-order chi connectivity index (χ0) is 24.6. The first-order valence-corrected chi connectivity index (χ1v) is 12.3. The molecule has 4 aliphatic rings. The molecule has 0 aliphatic carbocycles. The van der Waals surface area contributed by atoms with Crippen molar-refractivity contribution in [2.75, 3.05) is 0 Å². The van der Waals surface area contributed by atoms with Crippen LogP contribution in [0.1, 0.15) is 53.4 Å². The smallest absolute Gasteiger partial charge is 0.336 e. The number of hydrogen-bond donors (Lipinski definition) is 2. The first-order chi connectivity index (χ1) is 16.7. The number of ether oxygens (including phenoxy) is 1. The fraction of sp³-hybridized carbons (Fsp3) is 0.345. The van der Waals surface area contributed by atoms with Crippen molar-refractivity contribution in [2.45, 2.75) is 64.5 Å². The van der Waals surface area contributed by atoms with E-state index < -0.39 is 11.1 Å². The molecule has 0 spiro atoms. The van der Waals surface area contributed by atoms with Gasteiger partial charge in [-0.25, -0.2) is 14.8 Å². The Balaban J connectivity index is 1.67. The van der Waals surface area contributed by atoms with Crippen LogP contribution >= 0.6 is 0 Å². The van der Waals surface area contributed by atoms with Gasteiger partial charge in [0.25, 0.3) is 0 Å². The maximum absolute atomic E-state index is 13.6. The summed E-state index contributed by atoms with van der Waals surface area (Å²) in [6.07, 6.45) is 19.5. The molecular weight excluding hydrogens is 436 g/mol. The van der Waals surface area contributed by atoms with Crippen LogP contribution in [0.3, 0.4) is 0 Å². The van der Waals surface area contributed by atoms with E-state index in [9.17, 15) is 4.79 Å². The third kappa shape index (κ3) is 4.92. The predicted octanol–water partition coefficient (Wildman–Crippen LogP) is 3.90. The second kappa shape index (κ2) is 8.84. The van der Waals surface area contributed by atoms with E-state index in [1.54, 1.807) is 0 Å². The number of carbonyl (C=O) groups excluding carboxylic acids is 1. The molecule has 1 atom stereocenters. The van der Waals surface area contributed by atoms with Crippen LogP contribution in [0.4, 0.5) is 0 Å². The fourth-order valence-corrected chi connectivity index (χ4v) is 4.57. The van der Waals surface area contributed by atoms with Crippen LogP contribution in [0.5, 0.6) is 0 Å². The minimum absolute atomic E-state index is 0.306. The van der Waals surface area contributed by atoms with E-state index in [1.807, 2.05) is 69.4 Å². The summed E-state index contributed by atoms with van der Waals surface area (Å²) < 4.78 is 5.88. The zero-order valence-electron chi connectivity index (χ0n) is 20.8. The zero-order valence-corrected chi connectivity index (χ0v) is 20.8. The summed E-state index contributed by atoms with van der Waals surface area (Å²) in [5, 5.41) is 5.50. The van der Waals surface area contributed by atoms with Crippen molar-refractivity contribution in [2.24, 2.45) is 9.98 Å². The number of allylic oxidation sites excluding steroid dienone is 5. The van der Waals surface area contributed by atoms with E-state index in [2.05, 4.69) is 29.4 Å². The highest BCUT2D eigenvalue weighted by Gasteiger charge is 2.44. The number of H-pyrrole nitrogens is 1. The van der Waals surface area contributed by atoms with Gasteiger partial charge < -0.3 is 15.0 Å². The average molecular weight is 469 g/mol. The third-order valence-electron chi connectivity index (χ3n) is 6.24. The van der Waals surface area contributed by atoms with Gasteiger partial charge in [-0.2, -0.15) is 0 Å². The van der Waals surface area contributed by atoms with E-state index >= 15 is 0 Å². The summed E-state index contributed by atoms with van der Waals surface area (Å²) >= 11 is 0. The van der Waals surface area contributed by atoms with Gasteiger partial charge in [-0.15, -0.1) is 0 Å².